The van der Waals surface area contributed by atoms with Crippen LogP contribution < -0.4 is 21.7 Å². The summed E-state index contributed by atoms with van der Waals surface area (Å²) in [5.74, 6) is -1.80. The van der Waals surface area contributed by atoms with Crippen molar-refractivity contribution in [1.82, 2.24) is 9.69 Å². The number of nitrogens with one attached hydrogen (secondary N) is 1. The highest BCUT2D eigenvalue weighted by molar-refractivity contribution is 7.10. The highest BCUT2D eigenvalue weighted by atomic mass is 35.5. The number of hydrogen-bond donors (Lipinski definition) is 3. The third kappa shape index (κ3) is 5.09. The van der Waals surface area contributed by atoms with Gasteiger partial charge in [0.15, 0.2) is 11.7 Å². The molecule has 3 rings (SSSR count). The third-order valence-electron chi connectivity index (χ3n) is 4.30. The van der Waals surface area contributed by atoms with E-state index >= 15 is 0 Å². The summed E-state index contributed by atoms with van der Waals surface area (Å²) in [6.07, 6.45) is 0. The van der Waals surface area contributed by atoms with E-state index in [-0.39, 0.29) is 22.2 Å². The Kier molecular flexibility index (Phi) is 6.87. The second-order valence-corrected chi connectivity index (χ2v) is 10.1. The standard InChI is InChI=1S/C21H22ClN5O3S2/c1-21(2,3)25-19(29)16(13-5-4-10-31-13)27(12-8-6-11(22)7-9-12)20(30)17-14(23)15(18(24)28)26-32-17/h4-10,16H,23H2,1-3H3,(H2,24,28)(H,25,29)/t16-/m0/s1. The molecule has 2 heterocycles. The number of primary amides is 1. The van der Waals surface area contributed by atoms with E-state index in [0.29, 0.717) is 15.6 Å². The fourth-order valence-electron chi connectivity index (χ4n) is 2.98. The zero-order chi connectivity index (χ0) is 23.6. The van der Waals surface area contributed by atoms with Crippen molar-refractivity contribution in [2.45, 2.75) is 32.4 Å². The fraction of sp³-hybridized carbons (Fsp3) is 0.238. The Hall–Kier alpha value is -2.95. The molecule has 1 aromatic carbocycles. The van der Waals surface area contributed by atoms with E-state index in [0.717, 1.165) is 11.5 Å². The summed E-state index contributed by atoms with van der Waals surface area (Å²) in [5, 5.41) is 5.24. The van der Waals surface area contributed by atoms with Crippen LogP contribution in [-0.2, 0) is 4.79 Å². The first-order valence-electron chi connectivity index (χ1n) is 9.49. The number of nitrogens with two attached hydrogens (primary N) is 2. The zero-order valence-electron chi connectivity index (χ0n) is 17.6. The van der Waals surface area contributed by atoms with Gasteiger partial charge < -0.3 is 16.8 Å². The molecule has 32 heavy (non-hydrogen) atoms. The number of nitrogens with zero attached hydrogens (tertiary/aromatic N) is 2. The lowest BCUT2D eigenvalue weighted by Gasteiger charge is -2.32. The van der Waals surface area contributed by atoms with Crippen LogP contribution in [0.4, 0.5) is 11.4 Å². The number of carbonyl (C=O) groups excluding carboxylic acids is 3. The monoisotopic (exact) mass is 491 g/mol. The summed E-state index contributed by atoms with van der Waals surface area (Å²) in [4.78, 5) is 40.8. The van der Waals surface area contributed by atoms with Crippen LogP contribution in [0.3, 0.4) is 0 Å². The first-order valence-corrected chi connectivity index (χ1v) is 11.5. The van der Waals surface area contributed by atoms with Gasteiger partial charge in [0.2, 0.25) is 5.91 Å². The molecular weight excluding hydrogens is 470 g/mol. The number of rotatable bonds is 6. The van der Waals surface area contributed by atoms with Gasteiger partial charge in [0.25, 0.3) is 11.8 Å². The van der Waals surface area contributed by atoms with Crippen molar-refractivity contribution >= 4 is 63.6 Å². The number of nitrogen functional groups attached to an aromatic ring is 1. The second-order valence-electron chi connectivity index (χ2n) is 7.95. The van der Waals surface area contributed by atoms with Crippen molar-refractivity contribution < 1.29 is 14.4 Å². The molecule has 5 N–H and O–H groups in total. The van der Waals surface area contributed by atoms with E-state index in [4.69, 9.17) is 23.1 Å². The van der Waals surface area contributed by atoms with E-state index in [1.165, 1.54) is 16.2 Å². The predicted octanol–water partition coefficient (Wildman–Crippen LogP) is 3.84. The lowest BCUT2D eigenvalue weighted by molar-refractivity contribution is -0.123. The van der Waals surface area contributed by atoms with Crippen LogP contribution >= 0.6 is 34.5 Å². The smallest absolute Gasteiger partial charge is 0.273 e. The van der Waals surface area contributed by atoms with Crippen LogP contribution in [0.2, 0.25) is 5.02 Å². The molecule has 0 spiro atoms. The molecule has 1 atom stereocenters. The summed E-state index contributed by atoms with van der Waals surface area (Å²) in [6, 6.07) is 9.09. The maximum atomic E-state index is 13.7. The number of amides is 3. The number of aromatic nitrogens is 1. The molecule has 8 nitrogen and oxygen atoms in total. The van der Waals surface area contributed by atoms with Gasteiger partial charge in [-0.1, -0.05) is 17.7 Å². The first kappa shape index (κ1) is 23.7. The Bertz CT molecular complexity index is 1140. The summed E-state index contributed by atoms with van der Waals surface area (Å²) in [7, 11) is 0. The first-order chi connectivity index (χ1) is 15.0. The van der Waals surface area contributed by atoms with Gasteiger partial charge in [-0.25, -0.2) is 0 Å². The molecule has 0 saturated carbocycles. The van der Waals surface area contributed by atoms with E-state index in [1.54, 1.807) is 36.4 Å². The second kappa shape index (κ2) is 9.27. The normalized spacial score (nSPS) is 12.2. The molecule has 3 aromatic rings. The van der Waals surface area contributed by atoms with E-state index in [1.807, 2.05) is 26.2 Å². The Morgan fingerprint density at radius 3 is 2.31 bits per heavy atom. The van der Waals surface area contributed by atoms with Crippen molar-refractivity contribution in [2.24, 2.45) is 5.73 Å². The molecule has 0 radical (unpaired) electrons. The summed E-state index contributed by atoms with van der Waals surface area (Å²) in [5.41, 5.74) is 10.9. The van der Waals surface area contributed by atoms with Crippen LogP contribution in [0, 0.1) is 0 Å². The Morgan fingerprint density at radius 2 is 1.81 bits per heavy atom. The van der Waals surface area contributed by atoms with Gasteiger partial charge in [-0.3, -0.25) is 19.3 Å². The largest absolute Gasteiger partial charge is 0.395 e. The van der Waals surface area contributed by atoms with Crippen LogP contribution in [0.15, 0.2) is 41.8 Å². The molecule has 2 aromatic heterocycles. The quantitative estimate of drug-likeness (QED) is 0.482. The zero-order valence-corrected chi connectivity index (χ0v) is 20.0. The summed E-state index contributed by atoms with van der Waals surface area (Å²) < 4.78 is 3.93. The summed E-state index contributed by atoms with van der Waals surface area (Å²) >= 11 is 8.14. The Labute approximate surface area is 198 Å². The SMILES string of the molecule is CC(C)(C)NC(=O)[C@H](c1cccs1)N(C(=O)c1snc(C(N)=O)c1N)c1ccc(Cl)cc1. The molecule has 0 aliphatic heterocycles. The molecule has 0 fully saturated rings. The minimum Gasteiger partial charge on any atom is -0.395 e. The van der Waals surface area contributed by atoms with Crippen molar-refractivity contribution in [3.63, 3.8) is 0 Å². The van der Waals surface area contributed by atoms with Crippen LogP contribution in [0.1, 0.15) is 51.9 Å². The maximum absolute atomic E-state index is 13.7. The molecule has 0 unspecified atom stereocenters. The third-order valence-corrected chi connectivity index (χ3v) is 6.32. The van der Waals surface area contributed by atoms with Gasteiger partial charge in [0.05, 0.1) is 5.69 Å². The average molecular weight is 492 g/mol. The number of thiophene rings is 1. The van der Waals surface area contributed by atoms with Gasteiger partial charge in [-0.2, -0.15) is 4.37 Å². The highest BCUT2D eigenvalue weighted by Gasteiger charge is 2.37. The highest BCUT2D eigenvalue weighted by Crippen LogP contribution is 2.35. The number of carbonyl (C=O) groups is 3. The minimum atomic E-state index is -0.999. The number of halogens is 1. The fourth-order valence-corrected chi connectivity index (χ4v) is 4.66. The number of benzene rings is 1. The minimum absolute atomic E-state index is 0.0128. The van der Waals surface area contributed by atoms with Gasteiger partial charge in [-0.05, 0) is 68.0 Å². The van der Waals surface area contributed by atoms with Crippen LogP contribution in [0.25, 0.3) is 0 Å². The van der Waals surface area contributed by atoms with Crippen LogP contribution in [-0.4, -0.2) is 27.6 Å². The lowest BCUT2D eigenvalue weighted by atomic mass is 10.1. The number of anilines is 2. The molecule has 3 amide bonds. The lowest BCUT2D eigenvalue weighted by Crippen LogP contribution is -2.49. The van der Waals surface area contributed by atoms with Crippen LogP contribution in [0.5, 0.6) is 0 Å². The van der Waals surface area contributed by atoms with Crippen molar-refractivity contribution in [3.8, 4) is 0 Å². The van der Waals surface area contributed by atoms with Crippen molar-refractivity contribution in [3.05, 3.63) is 62.2 Å². The van der Waals surface area contributed by atoms with Gasteiger partial charge in [-0.15, -0.1) is 11.3 Å². The molecule has 0 aliphatic rings. The molecule has 11 heteroatoms. The molecular formula is C21H22ClN5O3S2. The van der Waals surface area contributed by atoms with E-state index in [2.05, 4.69) is 9.69 Å². The molecule has 168 valence electrons. The molecule has 0 saturated heterocycles. The van der Waals surface area contributed by atoms with E-state index < -0.39 is 23.4 Å². The van der Waals surface area contributed by atoms with Gasteiger partial charge >= 0.3 is 0 Å². The van der Waals surface area contributed by atoms with Gasteiger partial charge in [0.1, 0.15) is 4.88 Å². The Balaban J connectivity index is 2.18. The number of hydrogen-bond acceptors (Lipinski definition) is 7. The molecule has 0 bridgehead atoms. The topological polar surface area (TPSA) is 131 Å². The summed E-state index contributed by atoms with van der Waals surface area (Å²) in [6.45, 7) is 5.56. The van der Waals surface area contributed by atoms with Crippen molar-refractivity contribution in [2.75, 3.05) is 10.6 Å². The van der Waals surface area contributed by atoms with Crippen molar-refractivity contribution in [1.29, 1.82) is 0 Å². The van der Waals surface area contributed by atoms with Gasteiger partial charge in [0, 0.05) is 21.1 Å². The van der Waals surface area contributed by atoms with E-state index in [9.17, 15) is 14.4 Å². The average Bonchev–Trinajstić information content (AvgIpc) is 3.34. The predicted molar refractivity (Wildman–Crippen MR) is 128 cm³/mol. The maximum Gasteiger partial charge on any atom is 0.273 e. The Morgan fingerprint density at radius 1 is 1.16 bits per heavy atom. The molecule has 0 aliphatic carbocycles.